The molecule has 0 saturated heterocycles. The highest BCUT2D eigenvalue weighted by Crippen LogP contribution is 2.28. The summed E-state index contributed by atoms with van der Waals surface area (Å²) in [5.74, 6) is -0.438. The molecule has 3 aromatic rings. The number of hydrogen-bond acceptors (Lipinski definition) is 2. The van der Waals surface area contributed by atoms with Crippen LogP contribution < -0.4 is 5.32 Å². The van der Waals surface area contributed by atoms with Crippen LogP contribution in [-0.2, 0) is 17.4 Å². The third-order valence-corrected chi connectivity index (χ3v) is 4.19. The van der Waals surface area contributed by atoms with E-state index >= 15 is 0 Å². The van der Waals surface area contributed by atoms with Gasteiger partial charge in [-0.05, 0) is 36.6 Å². The molecule has 0 radical (unpaired) electrons. The summed E-state index contributed by atoms with van der Waals surface area (Å²) in [6.45, 7) is 1.50. The van der Waals surface area contributed by atoms with Gasteiger partial charge in [-0.15, -0.1) is 0 Å². The minimum Gasteiger partial charge on any atom is -0.324 e. The number of carbonyl (C=O) groups excluding carboxylic acids is 1. The van der Waals surface area contributed by atoms with Crippen molar-refractivity contribution in [2.24, 2.45) is 0 Å². The summed E-state index contributed by atoms with van der Waals surface area (Å²) in [7, 11) is 0. The van der Waals surface area contributed by atoms with E-state index in [1.807, 2.05) is 42.5 Å². The lowest BCUT2D eigenvalue weighted by atomic mass is 10.0. The molecule has 3 rings (SSSR count). The molecule has 4 nitrogen and oxygen atoms in total. The first-order chi connectivity index (χ1) is 12.8. The number of nitrogens with zero attached hydrogens (tertiary/aromatic N) is 2. The molecule has 0 aliphatic carbocycles. The fourth-order valence-corrected chi connectivity index (χ4v) is 2.67. The Morgan fingerprint density at radius 2 is 1.74 bits per heavy atom. The zero-order valence-corrected chi connectivity index (χ0v) is 14.6. The Kier molecular flexibility index (Phi) is 5.30. The number of halogens is 3. The molecule has 1 amide bonds. The Morgan fingerprint density at radius 3 is 2.41 bits per heavy atom. The smallest absolute Gasteiger partial charge is 0.324 e. The predicted molar refractivity (Wildman–Crippen MR) is 96.3 cm³/mol. The minimum atomic E-state index is -4.54. The number of benzene rings is 2. The van der Waals surface area contributed by atoms with E-state index in [-0.39, 0.29) is 0 Å². The minimum absolute atomic E-state index is 0.438. The highest BCUT2D eigenvalue weighted by atomic mass is 19.4. The Morgan fingerprint density at radius 1 is 1.07 bits per heavy atom. The summed E-state index contributed by atoms with van der Waals surface area (Å²) in [6.07, 6.45) is -2.75. The molecule has 0 spiro atoms. The molecule has 140 valence electrons. The van der Waals surface area contributed by atoms with Gasteiger partial charge in [-0.25, -0.2) is 0 Å². The van der Waals surface area contributed by atoms with E-state index in [0.29, 0.717) is 12.1 Å². The molecule has 1 unspecified atom stereocenters. The second kappa shape index (κ2) is 7.65. The number of rotatable bonds is 5. The van der Waals surface area contributed by atoms with Gasteiger partial charge in [0.05, 0.1) is 0 Å². The van der Waals surface area contributed by atoms with Crippen LogP contribution in [0.5, 0.6) is 0 Å². The van der Waals surface area contributed by atoms with Gasteiger partial charge in [-0.2, -0.15) is 18.3 Å². The van der Waals surface area contributed by atoms with Crippen molar-refractivity contribution in [3.8, 4) is 0 Å². The standard InChI is InChI=1S/C20H18F3N3O/c1-14(26-12-11-18(25-26)20(21,22)23)19(27)24-17-10-6-5-9-16(17)13-15-7-3-2-4-8-15/h2-12,14H,13H2,1H3,(H,24,27). The lowest BCUT2D eigenvalue weighted by Crippen LogP contribution is -2.25. The molecule has 27 heavy (non-hydrogen) atoms. The predicted octanol–water partition coefficient (Wildman–Crippen LogP) is 4.69. The topological polar surface area (TPSA) is 46.9 Å². The van der Waals surface area contributed by atoms with E-state index in [0.717, 1.165) is 28.1 Å². The Labute approximate surface area is 154 Å². The average Bonchev–Trinajstić information content (AvgIpc) is 3.14. The maximum atomic E-state index is 12.7. The molecular weight excluding hydrogens is 355 g/mol. The summed E-state index contributed by atoms with van der Waals surface area (Å²) in [5, 5.41) is 6.26. The number of hydrogen-bond donors (Lipinski definition) is 1. The van der Waals surface area contributed by atoms with Crippen molar-refractivity contribution in [1.82, 2.24) is 9.78 Å². The normalized spacial score (nSPS) is 12.6. The van der Waals surface area contributed by atoms with Crippen LogP contribution in [0, 0.1) is 0 Å². The van der Waals surface area contributed by atoms with E-state index in [1.165, 1.54) is 6.92 Å². The molecule has 0 aliphatic rings. The highest BCUT2D eigenvalue weighted by Gasteiger charge is 2.34. The first-order valence-electron chi connectivity index (χ1n) is 8.39. The van der Waals surface area contributed by atoms with Gasteiger partial charge in [0, 0.05) is 11.9 Å². The van der Waals surface area contributed by atoms with Gasteiger partial charge in [-0.3, -0.25) is 9.48 Å². The first kappa shape index (κ1) is 18.7. The van der Waals surface area contributed by atoms with Crippen LogP contribution in [0.2, 0.25) is 0 Å². The van der Waals surface area contributed by atoms with Gasteiger partial charge in [0.25, 0.3) is 0 Å². The molecule has 0 aliphatic heterocycles. The van der Waals surface area contributed by atoms with E-state index in [1.54, 1.807) is 12.1 Å². The van der Waals surface area contributed by atoms with Gasteiger partial charge in [0.15, 0.2) is 5.69 Å². The lowest BCUT2D eigenvalue weighted by Gasteiger charge is -2.15. The third-order valence-electron chi connectivity index (χ3n) is 4.19. The molecule has 1 aromatic heterocycles. The van der Waals surface area contributed by atoms with Gasteiger partial charge in [-0.1, -0.05) is 48.5 Å². The van der Waals surface area contributed by atoms with E-state index in [2.05, 4.69) is 10.4 Å². The molecule has 1 N–H and O–H groups in total. The Hall–Kier alpha value is -3.09. The second-order valence-corrected chi connectivity index (χ2v) is 6.16. The molecule has 2 aromatic carbocycles. The molecule has 0 bridgehead atoms. The van der Waals surface area contributed by atoms with Crippen molar-refractivity contribution >= 4 is 11.6 Å². The number of para-hydroxylation sites is 1. The quantitative estimate of drug-likeness (QED) is 0.705. The molecule has 1 atom stereocenters. The third kappa shape index (κ3) is 4.55. The summed E-state index contributed by atoms with van der Waals surface area (Å²) in [6, 6.07) is 17.1. The van der Waals surface area contributed by atoms with Crippen LogP contribution in [0.3, 0.4) is 0 Å². The van der Waals surface area contributed by atoms with Crippen molar-refractivity contribution in [2.75, 3.05) is 5.32 Å². The average molecular weight is 373 g/mol. The molecule has 0 saturated carbocycles. The van der Waals surface area contributed by atoms with E-state index in [9.17, 15) is 18.0 Å². The Balaban J connectivity index is 1.75. The maximum absolute atomic E-state index is 12.7. The summed E-state index contributed by atoms with van der Waals surface area (Å²) in [5.41, 5.74) is 1.61. The second-order valence-electron chi connectivity index (χ2n) is 6.16. The largest absolute Gasteiger partial charge is 0.435 e. The first-order valence-corrected chi connectivity index (χ1v) is 8.39. The monoisotopic (exact) mass is 373 g/mol. The Bertz CT molecular complexity index is 919. The SMILES string of the molecule is CC(C(=O)Nc1ccccc1Cc1ccccc1)n1ccc(C(F)(F)F)n1. The van der Waals surface area contributed by atoms with E-state index in [4.69, 9.17) is 0 Å². The molecule has 1 heterocycles. The number of carbonyl (C=O) groups is 1. The summed E-state index contributed by atoms with van der Waals surface area (Å²) >= 11 is 0. The fraction of sp³-hybridized carbons (Fsp3) is 0.200. The van der Waals surface area contributed by atoms with Crippen LogP contribution in [0.1, 0.15) is 29.8 Å². The van der Waals surface area contributed by atoms with Gasteiger partial charge < -0.3 is 5.32 Å². The summed E-state index contributed by atoms with van der Waals surface area (Å²) in [4.78, 5) is 12.5. The fourth-order valence-electron chi connectivity index (χ4n) is 2.67. The zero-order chi connectivity index (χ0) is 19.4. The number of alkyl halides is 3. The lowest BCUT2D eigenvalue weighted by molar-refractivity contribution is -0.141. The number of nitrogens with one attached hydrogen (secondary N) is 1. The highest BCUT2D eigenvalue weighted by molar-refractivity contribution is 5.94. The molecular formula is C20H18F3N3O. The molecule has 7 heteroatoms. The number of aromatic nitrogens is 2. The van der Waals surface area contributed by atoms with Crippen molar-refractivity contribution in [3.63, 3.8) is 0 Å². The number of anilines is 1. The summed E-state index contributed by atoms with van der Waals surface area (Å²) < 4.78 is 39.1. The van der Waals surface area contributed by atoms with Crippen LogP contribution in [0.25, 0.3) is 0 Å². The molecule has 0 fully saturated rings. The van der Waals surface area contributed by atoms with Crippen LogP contribution in [0.4, 0.5) is 18.9 Å². The maximum Gasteiger partial charge on any atom is 0.435 e. The number of amides is 1. The van der Waals surface area contributed by atoms with Crippen LogP contribution in [-0.4, -0.2) is 15.7 Å². The van der Waals surface area contributed by atoms with E-state index < -0.39 is 23.8 Å². The van der Waals surface area contributed by atoms with Crippen LogP contribution >= 0.6 is 0 Å². The van der Waals surface area contributed by atoms with Crippen molar-refractivity contribution in [2.45, 2.75) is 25.6 Å². The van der Waals surface area contributed by atoms with Crippen molar-refractivity contribution in [3.05, 3.63) is 83.7 Å². The van der Waals surface area contributed by atoms with Crippen molar-refractivity contribution in [1.29, 1.82) is 0 Å². The van der Waals surface area contributed by atoms with Gasteiger partial charge in [0.1, 0.15) is 6.04 Å². The zero-order valence-electron chi connectivity index (χ0n) is 14.6. The van der Waals surface area contributed by atoms with Crippen LogP contribution in [0.15, 0.2) is 66.9 Å². The van der Waals surface area contributed by atoms with Gasteiger partial charge in [0.2, 0.25) is 5.91 Å². The van der Waals surface area contributed by atoms with Gasteiger partial charge >= 0.3 is 6.18 Å². The van der Waals surface area contributed by atoms with Crippen molar-refractivity contribution < 1.29 is 18.0 Å².